The van der Waals surface area contributed by atoms with Crippen LogP contribution in [0.5, 0.6) is 0 Å². The maximum Gasteiger partial charge on any atom is 0.339 e. The number of aryl methyl sites for hydroxylation is 1. The van der Waals surface area contributed by atoms with Crippen LogP contribution in [0.2, 0.25) is 5.02 Å². The van der Waals surface area contributed by atoms with Gasteiger partial charge in [-0.2, -0.15) is 0 Å². The highest BCUT2D eigenvalue weighted by molar-refractivity contribution is 9.12. The molecule has 1 saturated heterocycles. The summed E-state index contributed by atoms with van der Waals surface area (Å²) in [5.41, 5.74) is 2.12. The highest BCUT2D eigenvalue weighted by atomic mass is 79.9. The fourth-order valence-corrected chi connectivity index (χ4v) is 9.28. The average molecular weight is 782 g/mol. The van der Waals surface area contributed by atoms with Gasteiger partial charge in [-0.25, -0.2) is 9.78 Å². The molecular weight excluding hydrogens is 758 g/mol. The van der Waals surface area contributed by atoms with E-state index in [0.717, 1.165) is 12.5 Å². The van der Waals surface area contributed by atoms with E-state index in [0.29, 0.717) is 38.4 Å². The standard InChI is InChI=1S/C34H24Br2ClN3O7/c1-15-5-6-17(11-25(15)40(45)46)26(41)14-47-34(44)20-13-24(38-31-19(20)3-2-4-23(31)37)16-7-9-18(10-8-16)39-32(42)27-21-12-22(28(27)33(39)43)30(36)29(21)35/h2-11,13,21-22,27-30H,12,14H2,1H3. The predicted molar refractivity (Wildman–Crippen MR) is 181 cm³/mol. The zero-order chi connectivity index (χ0) is 33.3. The number of rotatable bonds is 7. The van der Waals surface area contributed by atoms with Crippen LogP contribution in [0, 0.1) is 40.7 Å². The molecular formula is C34H24Br2ClN3O7. The van der Waals surface area contributed by atoms with E-state index in [1.807, 2.05) is 0 Å². The number of ketones is 1. The lowest BCUT2D eigenvalue weighted by molar-refractivity contribution is -0.385. The Hall–Kier alpha value is -4.00. The predicted octanol–water partition coefficient (Wildman–Crippen LogP) is 7.09. The molecule has 10 nitrogen and oxygen atoms in total. The van der Waals surface area contributed by atoms with Crippen LogP contribution >= 0.6 is 43.5 Å². The molecule has 3 aliphatic rings. The van der Waals surface area contributed by atoms with E-state index in [9.17, 15) is 29.3 Å². The number of alkyl halides is 2. The third-order valence-electron chi connectivity index (χ3n) is 9.48. The number of halogens is 3. The normalized spacial score (nSPS) is 24.6. The SMILES string of the molecule is Cc1ccc(C(=O)COC(=O)c2cc(-c3ccc(N4C(=O)C5C6CC(C(Br)C6Br)C5C4=O)cc3)nc3c(Cl)cccc23)cc1[N+](=O)[O-]. The summed E-state index contributed by atoms with van der Waals surface area (Å²) < 4.78 is 5.38. The van der Waals surface area contributed by atoms with Crippen molar-refractivity contribution < 1.29 is 28.8 Å². The number of benzene rings is 3. The van der Waals surface area contributed by atoms with Crippen LogP contribution in [0.15, 0.2) is 66.7 Å². The maximum absolute atomic E-state index is 13.5. The number of ether oxygens (including phenoxy) is 1. The first-order valence-electron chi connectivity index (χ1n) is 14.8. The molecule has 13 heteroatoms. The summed E-state index contributed by atoms with van der Waals surface area (Å²) in [6, 6.07) is 17.3. The maximum atomic E-state index is 13.5. The number of fused-ring (bicyclic) bond motifs is 6. The number of carbonyl (C=O) groups is 4. The summed E-state index contributed by atoms with van der Waals surface area (Å²) in [7, 11) is 0. The molecule has 2 saturated carbocycles. The van der Waals surface area contributed by atoms with E-state index in [4.69, 9.17) is 16.3 Å². The van der Waals surface area contributed by atoms with E-state index in [1.54, 1.807) is 49.4 Å². The molecule has 238 valence electrons. The summed E-state index contributed by atoms with van der Waals surface area (Å²) in [5, 5.41) is 12.0. The molecule has 1 aromatic heterocycles. The van der Waals surface area contributed by atoms with Gasteiger partial charge < -0.3 is 4.74 Å². The summed E-state index contributed by atoms with van der Waals surface area (Å²) in [5.74, 6) is -2.24. The van der Waals surface area contributed by atoms with Crippen LogP contribution in [0.25, 0.3) is 22.2 Å². The van der Waals surface area contributed by atoms with Crippen LogP contribution in [0.1, 0.15) is 32.7 Å². The molecule has 2 bridgehead atoms. The number of para-hydroxylation sites is 1. The van der Waals surface area contributed by atoms with Crippen molar-refractivity contribution in [2.45, 2.75) is 23.0 Å². The van der Waals surface area contributed by atoms with Crippen molar-refractivity contribution in [1.29, 1.82) is 0 Å². The number of pyridine rings is 1. The Bertz CT molecular complexity index is 2010. The van der Waals surface area contributed by atoms with E-state index in [-0.39, 0.29) is 62.0 Å². The van der Waals surface area contributed by atoms with Gasteiger partial charge >= 0.3 is 5.97 Å². The van der Waals surface area contributed by atoms with Crippen molar-refractivity contribution in [2.75, 3.05) is 11.5 Å². The fourth-order valence-electron chi connectivity index (χ4n) is 7.19. The Morgan fingerprint density at radius 2 is 1.66 bits per heavy atom. The molecule has 0 spiro atoms. The van der Waals surface area contributed by atoms with Gasteiger partial charge in [-0.3, -0.25) is 29.4 Å². The second kappa shape index (κ2) is 11.9. The molecule has 4 aromatic rings. The van der Waals surface area contributed by atoms with E-state index in [1.165, 1.54) is 23.1 Å². The van der Waals surface area contributed by atoms with Crippen LogP contribution < -0.4 is 4.90 Å². The number of esters is 1. The molecule has 3 aromatic carbocycles. The zero-order valence-electron chi connectivity index (χ0n) is 24.6. The van der Waals surface area contributed by atoms with Gasteiger partial charge in [-0.15, -0.1) is 0 Å². The highest BCUT2D eigenvalue weighted by Gasteiger charge is 2.66. The van der Waals surface area contributed by atoms with Crippen molar-refractivity contribution in [3.05, 3.63) is 98.6 Å². The number of nitrogens with zero attached hydrogens (tertiary/aromatic N) is 3. The van der Waals surface area contributed by atoms with E-state index in [2.05, 4.69) is 36.8 Å². The number of anilines is 1. The van der Waals surface area contributed by atoms with Crippen molar-refractivity contribution in [3.63, 3.8) is 0 Å². The number of carbonyl (C=O) groups excluding carboxylic acids is 4. The Morgan fingerprint density at radius 3 is 2.30 bits per heavy atom. The minimum atomic E-state index is -0.808. The lowest BCUT2D eigenvalue weighted by Gasteiger charge is -2.28. The van der Waals surface area contributed by atoms with Crippen LogP contribution in [0.4, 0.5) is 11.4 Å². The molecule has 6 atom stereocenters. The summed E-state index contributed by atoms with van der Waals surface area (Å²) in [6.45, 7) is 0.925. The monoisotopic (exact) mass is 779 g/mol. The van der Waals surface area contributed by atoms with Crippen LogP contribution in [-0.2, 0) is 14.3 Å². The first kappa shape index (κ1) is 31.6. The molecule has 2 amide bonds. The zero-order valence-corrected chi connectivity index (χ0v) is 28.5. The Balaban J connectivity index is 1.15. The van der Waals surface area contributed by atoms with Gasteiger partial charge in [-0.1, -0.05) is 79.9 Å². The van der Waals surface area contributed by atoms with Gasteiger partial charge in [0.05, 0.1) is 44.2 Å². The largest absolute Gasteiger partial charge is 0.454 e. The first-order valence-corrected chi connectivity index (χ1v) is 17.0. The first-order chi connectivity index (χ1) is 22.5. The number of amides is 2. The van der Waals surface area contributed by atoms with Gasteiger partial charge in [-0.05, 0) is 49.4 Å². The molecule has 2 heterocycles. The Morgan fingerprint density at radius 1 is 1.00 bits per heavy atom. The van der Waals surface area contributed by atoms with Crippen LogP contribution in [0.3, 0.4) is 0 Å². The third kappa shape index (κ3) is 5.17. The summed E-state index contributed by atoms with van der Waals surface area (Å²) in [6.07, 6.45) is 0.842. The number of imide groups is 1. The lowest BCUT2D eigenvalue weighted by Crippen LogP contribution is -2.37. The summed E-state index contributed by atoms with van der Waals surface area (Å²) >= 11 is 13.9. The molecule has 1 aliphatic heterocycles. The molecule has 3 fully saturated rings. The molecule has 0 N–H and O–H groups in total. The molecule has 6 unspecified atom stereocenters. The number of Topliss-reactive ketones (excluding diaryl/α,β-unsaturated/α-hetero) is 1. The van der Waals surface area contributed by atoms with E-state index >= 15 is 0 Å². The number of hydrogen-bond acceptors (Lipinski definition) is 8. The number of nitro groups is 1. The van der Waals surface area contributed by atoms with Gasteiger partial charge in [0.15, 0.2) is 6.61 Å². The van der Waals surface area contributed by atoms with Gasteiger partial charge in [0.1, 0.15) is 0 Å². The van der Waals surface area contributed by atoms with Crippen molar-refractivity contribution in [3.8, 4) is 11.3 Å². The smallest absolute Gasteiger partial charge is 0.339 e. The van der Waals surface area contributed by atoms with E-state index < -0.39 is 23.3 Å². The average Bonchev–Trinajstić information content (AvgIpc) is 3.68. The minimum absolute atomic E-state index is 0.0452. The molecule has 47 heavy (non-hydrogen) atoms. The van der Waals surface area contributed by atoms with Crippen molar-refractivity contribution in [1.82, 2.24) is 4.98 Å². The van der Waals surface area contributed by atoms with Crippen LogP contribution in [-0.4, -0.2) is 49.7 Å². The highest BCUT2D eigenvalue weighted by Crippen LogP contribution is 2.60. The van der Waals surface area contributed by atoms with Gasteiger partial charge in [0.25, 0.3) is 5.69 Å². The topological polar surface area (TPSA) is 137 Å². The number of hydrogen-bond donors (Lipinski definition) is 0. The molecule has 0 radical (unpaired) electrons. The van der Waals surface area contributed by atoms with Gasteiger partial charge in [0, 0.05) is 37.8 Å². The summed E-state index contributed by atoms with van der Waals surface area (Å²) in [4.78, 5) is 70.2. The quantitative estimate of drug-likeness (QED) is 0.0484. The van der Waals surface area contributed by atoms with Crippen molar-refractivity contribution >= 4 is 89.3 Å². The van der Waals surface area contributed by atoms with Crippen molar-refractivity contribution in [2.24, 2.45) is 23.7 Å². The molecule has 7 rings (SSSR count). The lowest BCUT2D eigenvalue weighted by atomic mass is 9.81. The van der Waals surface area contributed by atoms with Gasteiger partial charge in [0.2, 0.25) is 17.6 Å². The number of aromatic nitrogens is 1. The number of nitro benzene ring substituents is 1. The Kier molecular flexibility index (Phi) is 8.00. The fraction of sp³-hybridized carbons (Fsp3) is 0.265. The molecule has 2 aliphatic carbocycles. The second-order valence-corrected chi connectivity index (χ2v) is 14.5. The third-order valence-corrected chi connectivity index (χ3v) is 13.0. The Labute approximate surface area is 289 Å². The second-order valence-electron chi connectivity index (χ2n) is 12.0. The minimum Gasteiger partial charge on any atom is -0.454 e.